The molecule has 0 spiro atoms. The topological polar surface area (TPSA) is 64.4 Å². The van der Waals surface area contributed by atoms with E-state index in [-0.39, 0.29) is 17.2 Å². The lowest BCUT2D eigenvalue weighted by molar-refractivity contribution is -0.385. The predicted octanol–water partition coefficient (Wildman–Crippen LogP) is 3.90. The Labute approximate surface area is 133 Å². The first-order chi connectivity index (χ1) is 9.93. The van der Waals surface area contributed by atoms with Gasteiger partial charge in [-0.25, -0.2) is 0 Å². The molecule has 0 saturated heterocycles. The molecule has 1 aromatic carbocycles. The third kappa shape index (κ3) is 2.92. The maximum atomic E-state index is 11.0. The minimum atomic E-state index is -0.405. The molecule has 1 fully saturated rings. The molecule has 1 aliphatic rings. The molecule has 1 aliphatic carbocycles. The van der Waals surface area contributed by atoms with Gasteiger partial charge in [-0.15, -0.1) is 0 Å². The quantitative estimate of drug-likeness (QED) is 0.619. The first-order valence-corrected chi connectivity index (χ1v) is 8.06. The van der Waals surface area contributed by atoms with Crippen LogP contribution < -0.4 is 10.1 Å². The van der Waals surface area contributed by atoms with E-state index in [4.69, 9.17) is 4.74 Å². The highest BCUT2D eigenvalue weighted by Gasteiger charge is 2.51. The monoisotopic (exact) mass is 356 g/mol. The van der Waals surface area contributed by atoms with E-state index in [0.717, 1.165) is 19.4 Å². The van der Waals surface area contributed by atoms with E-state index in [9.17, 15) is 10.1 Å². The van der Waals surface area contributed by atoms with Crippen molar-refractivity contribution in [3.05, 3.63) is 32.8 Å². The van der Waals surface area contributed by atoms with Gasteiger partial charge in [0.2, 0.25) is 0 Å². The highest BCUT2D eigenvalue weighted by Crippen LogP contribution is 2.47. The van der Waals surface area contributed by atoms with Gasteiger partial charge < -0.3 is 10.1 Å². The average molecular weight is 357 g/mol. The number of rotatable bonds is 6. The van der Waals surface area contributed by atoms with Crippen LogP contribution in [0.1, 0.15) is 33.6 Å². The molecule has 116 valence electrons. The summed E-state index contributed by atoms with van der Waals surface area (Å²) < 4.78 is 6.48. The molecule has 21 heavy (non-hydrogen) atoms. The van der Waals surface area contributed by atoms with Gasteiger partial charge >= 0.3 is 0 Å². The number of nitrogens with zero attached hydrogens (tertiary/aromatic N) is 1. The summed E-state index contributed by atoms with van der Waals surface area (Å²) in [5, 5.41) is 14.5. The average Bonchev–Trinajstić information content (AvgIpc) is 2.46. The lowest BCUT2D eigenvalue weighted by Crippen LogP contribution is -2.63. The zero-order chi connectivity index (χ0) is 15.6. The van der Waals surface area contributed by atoms with Gasteiger partial charge in [-0.3, -0.25) is 10.1 Å². The van der Waals surface area contributed by atoms with Crippen LogP contribution in [0.25, 0.3) is 0 Å². The number of hydrogen-bond donors (Lipinski definition) is 1. The molecule has 0 aromatic heterocycles. The van der Waals surface area contributed by atoms with Crippen molar-refractivity contribution in [1.82, 2.24) is 5.32 Å². The molecule has 1 aromatic rings. The van der Waals surface area contributed by atoms with E-state index in [1.165, 1.54) is 6.07 Å². The minimum Gasteiger partial charge on any atom is -0.488 e. The molecule has 0 bridgehead atoms. The Balaban J connectivity index is 2.16. The van der Waals surface area contributed by atoms with Gasteiger partial charge in [0.15, 0.2) is 0 Å². The van der Waals surface area contributed by atoms with Crippen molar-refractivity contribution >= 4 is 21.6 Å². The van der Waals surface area contributed by atoms with Crippen molar-refractivity contribution in [2.24, 2.45) is 5.41 Å². The number of nitro benzene ring substituents is 1. The third-order valence-corrected chi connectivity index (χ3v) is 5.40. The van der Waals surface area contributed by atoms with Crippen LogP contribution in [0.5, 0.6) is 5.75 Å². The summed E-state index contributed by atoms with van der Waals surface area (Å²) in [7, 11) is 0. The fourth-order valence-corrected chi connectivity index (χ4v) is 3.42. The number of nitrogens with one attached hydrogen (secondary N) is 1. The molecule has 1 saturated carbocycles. The van der Waals surface area contributed by atoms with Gasteiger partial charge in [0.1, 0.15) is 16.3 Å². The normalized spacial score (nSPS) is 28.0. The first-order valence-electron chi connectivity index (χ1n) is 7.27. The van der Waals surface area contributed by atoms with E-state index in [1.807, 2.05) is 0 Å². The Hall–Kier alpha value is -1.14. The van der Waals surface area contributed by atoms with Crippen LogP contribution >= 0.6 is 15.9 Å². The summed E-state index contributed by atoms with van der Waals surface area (Å²) in [5.74, 6) is 0.545. The maximum Gasteiger partial charge on any atom is 0.287 e. The Kier molecular flexibility index (Phi) is 4.88. The number of benzene rings is 1. The molecule has 6 heteroatoms. The molecule has 2 rings (SSSR count). The van der Waals surface area contributed by atoms with Crippen molar-refractivity contribution in [3.63, 3.8) is 0 Å². The van der Waals surface area contributed by atoms with E-state index >= 15 is 0 Å². The van der Waals surface area contributed by atoms with E-state index in [1.54, 1.807) is 12.1 Å². The molecule has 3 atom stereocenters. The largest absolute Gasteiger partial charge is 0.488 e. The van der Waals surface area contributed by atoms with Crippen LogP contribution in [-0.4, -0.2) is 23.6 Å². The molecule has 5 nitrogen and oxygen atoms in total. The molecule has 0 aliphatic heterocycles. The third-order valence-electron chi connectivity index (χ3n) is 4.60. The molecule has 1 N–H and O–H groups in total. The van der Waals surface area contributed by atoms with Crippen LogP contribution in [0, 0.1) is 15.5 Å². The van der Waals surface area contributed by atoms with Gasteiger partial charge in [-0.1, -0.05) is 26.8 Å². The summed E-state index contributed by atoms with van der Waals surface area (Å²) >= 11 is 3.29. The molecular weight excluding hydrogens is 336 g/mol. The van der Waals surface area contributed by atoms with Crippen molar-refractivity contribution in [2.45, 2.75) is 45.8 Å². The van der Waals surface area contributed by atoms with Crippen LogP contribution in [-0.2, 0) is 0 Å². The molecule has 0 radical (unpaired) electrons. The lowest BCUT2D eigenvalue weighted by atomic mass is 9.61. The van der Waals surface area contributed by atoms with E-state index in [2.05, 4.69) is 42.0 Å². The van der Waals surface area contributed by atoms with Crippen molar-refractivity contribution < 1.29 is 9.66 Å². The second-order valence-corrected chi connectivity index (χ2v) is 6.45. The minimum absolute atomic E-state index is 0.0354. The van der Waals surface area contributed by atoms with Crippen LogP contribution in [0.15, 0.2) is 22.7 Å². The van der Waals surface area contributed by atoms with Gasteiger partial charge in [0.05, 0.1) is 4.92 Å². The Morgan fingerprint density at radius 1 is 1.52 bits per heavy atom. The standard InChI is InChI=1S/C15H21BrN2O3/c1-4-15(3)12(17-5-2)9-13(15)21-11-8-6-7-10(14(11)16)18(19)20/h6-8,12-13,17H,4-5,9H2,1-3H3. The van der Waals surface area contributed by atoms with Crippen LogP contribution in [0.3, 0.4) is 0 Å². The Morgan fingerprint density at radius 2 is 2.24 bits per heavy atom. The smallest absolute Gasteiger partial charge is 0.287 e. The Bertz CT molecular complexity index is 538. The Morgan fingerprint density at radius 3 is 2.81 bits per heavy atom. The summed E-state index contributed by atoms with van der Waals surface area (Å²) in [6, 6.07) is 5.34. The first kappa shape index (κ1) is 16.2. The zero-order valence-electron chi connectivity index (χ0n) is 12.6. The summed E-state index contributed by atoms with van der Waals surface area (Å²) in [6.45, 7) is 7.40. The maximum absolute atomic E-state index is 11.0. The van der Waals surface area contributed by atoms with Crippen molar-refractivity contribution in [2.75, 3.05) is 6.54 Å². The van der Waals surface area contributed by atoms with E-state index < -0.39 is 4.92 Å². The number of hydrogen-bond acceptors (Lipinski definition) is 4. The number of nitro groups is 1. The lowest BCUT2D eigenvalue weighted by Gasteiger charge is -2.53. The molecule has 3 unspecified atom stereocenters. The second-order valence-electron chi connectivity index (χ2n) is 5.66. The highest BCUT2D eigenvalue weighted by molar-refractivity contribution is 9.10. The van der Waals surface area contributed by atoms with Gasteiger partial charge in [0.25, 0.3) is 5.69 Å². The van der Waals surface area contributed by atoms with Crippen molar-refractivity contribution in [1.29, 1.82) is 0 Å². The van der Waals surface area contributed by atoms with Crippen molar-refractivity contribution in [3.8, 4) is 5.75 Å². The second kappa shape index (κ2) is 6.32. The van der Waals surface area contributed by atoms with Gasteiger partial charge in [0, 0.05) is 23.9 Å². The predicted molar refractivity (Wildman–Crippen MR) is 85.7 cm³/mol. The number of halogens is 1. The fourth-order valence-electron chi connectivity index (χ4n) is 2.92. The van der Waals surface area contributed by atoms with E-state index in [0.29, 0.717) is 16.3 Å². The van der Waals surface area contributed by atoms with Crippen LogP contribution in [0.2, 0.25) is 0 Å². The molecular formula is C15H21BrN2O3. The zero-order valence-corrected chi connectivity index (χ0v) is 14.1. The fraction of sp³-hybridized carbons (Fsp3) is 0.600. The van der Waals surface area contributed by atoms with Gasteiger partial charge in [-0.05, 0) is 35.0 Å². The number of ether oxygens (including phenoxy) is 1. The van der Waals surface area contributed by atoms with Gasteiger partial charge in [-0.2, -0.15) is 0 Å². The molecule has 0 amide bonds. The summed E-state index contributed by atoms with van der Waals surface area (Å²) in [6.07, 6.45) is 2.00. The van der Waals surface area contributed by atoms with Crippen LogP contribution in [0.4, 0.5) is 5.69 Å². The highest BCUT2D eigenvalue weighted by atomic mass is 79.9. The SMILES string of the molecule is CCNC1CC(Oc2cccc([N+](=O)[O-])c2Br)C1(C)CC. The summed E-state index contributed by atoms with van der Waals surface area (Å²) in [4.78, 5) is 10.6. The molecule has 0 heterocycles. The summed E-state index contributed by atoms with van der Waals surface area (Å²) in [5.41, 5.74) is 0.0911.